The minimum atomic E-state index is -0.250. The molecule has 1 fully saturated rings. The van der Waals surface area contributed by atoms with Crippen molar-refractivity contribution in [2.75, 3.05) is 0 Å². The van der Waals surface area contributed by atoms with E-state index in [9.17, 15) is 15.3 Å². The predicted octanol–water partition coefficient (Wildman–Crippen LogP) is 1.98. The standard InChI is InChI=1S/C13H26O3/c14-11-5-1-2-6-12(15)8-4-10-13(16)9-3-7-11/h11-16H,1-10H2/t11-,12?,13?/m1/s1. The molecule has 96 valence electrons. The molecule has 1 aliphatic rings. The number of aliphatic hydroxyl groups excluding tert-OH is 3. The van der Waals surface area contributed by atoms with Crippen LogP contribution in [0, 0.1) is 0 Å². The first-order valence-corrected chi connectivity index (χ1v) is 6.72. The van der Waals surface area contributed by atoms with Crippen molar-refractivity contribution in [3.8, 4) is 0 Å². The van der Waals surface area contributed by atoms with Crippen LogP contribution in [0.5, 0.6) is 0 Å². The molecule has 3 N–H and O–H groups in total. The van der Waals surface area contributed by atoms with Gasteiger partial charge < -0.3 is 15.3 Å². The highest BCUT2D eigenvalue weighted by Gasteiger charge is 2.11. The van der Waals surface area contributed by atoms with Gasteiger partial charge in [-0.05, 0) is 51.4 Å². The maximum atomic E-state index is 9.67. The number of hydrogen-bond acceptors (Lipinski definition) is 3. The molecule has 0 radical (unpaired) electrons. The monoisotopic (exact) mass is 230 g/mol. The third kappa shape index (κ3) is 6.46. The van der Waals surface area contributed by atoms with Gasteiger partial charge in [-0.3, -0.25) is 0 Å². The third-order valence-corrected chi connectivity index (χ3v) is 3.47. The molecule has 2 unspecified atom stereocenters. The SMILES string of the molecule is OC1CCCC[C@@H](O)CCCC(O)CCC1. The summed E-state index contributed by atoms with van der Waals surface area (Å²) in [7, 11) is 0. The summed E-state index contributed by atoms with van der Waals surface area (Å²) in [5.41, 5.74) is 0. The Labute approximate surface area is 98.5 Å². The predicted molar refractivity (Wildman–Crippen MR) is 64.2 cm³/mol. The van der Waals surface area contributed by atoms with Crippen LogP contribution in [0.15, 0.2) is 0 Å². The fourth-order valence-corrected chi connectivity index (χ4v) is 2.37. The van der Waals surface area contributed by atoms with Crippen LogP contribution in [0.3, 0.4) is 0 Å². The first kappa shape index (κ1) is 13.9. The molecule has 0 aromatic rings. The van der Waals surface area contributed by atoms with Crippen molar-refractivity contribution in [1.82, 2.24) is 0 Å². The van der Waals surface area contributed by atoms with E-state index in [1.54, 1.807) is 0 Å². The maximum Gasteiger partial charge on any atom is 0.0540 e. The lowest BCUT2D eigenvalue weighted by atomic mass is 10.0. The van der Waals surface area contributed by atoms with Crippen molar-refractivity contribution in [2.24, 2.45) is 0 Å². The molecule has 16 heavy (non-hydrogen) atoms. The summed E-state index contributed by atoms with van der Waals surface area (Å²) < 4.78 is 0. The van der Waals surface area contributed by atoms with Crippen LogP contribution in [0.25, 0.3) is 0 Å². The number of aliphatic hydroxyl groups is 3. The van der Waals surface area contributed by atoms with Gasteiger partial charge >= 0.3 is 0 Å². The normalized spacial score (nSPS) is 35.8. The zero-order chi connectivity index (χ0) is 11.8. The minimum Gasteiger partial charge on any atom is -0.393 e. The Bertz CT molecular complexity index is 155. The van der Waals surface area contributed by atoms with Crippen molar-refractivity contribution in [3.05, 3.63) is 0 Å². The number of hydrogen-bond donors (Lipinski definition) is 3. The van der Waals surface area contributed by atoms with E-state index < -0.39 is 0 Å². The van der Waals surface area contributed by atoms with Crippen LogP contribution in [-0.4, -0.2) is 33.6 Å². The molecule has 0 aromatic carbocycles. The van der Waals surface area contributed by atoms with Crippen molar-refractivity contribution < 1.29 is 15.3 Å². The van der Waals surface area contributed by atoms with Gasteiger partial charge in [-0.15, -0.1) is 0 Å². The molecule has 0 bridgehead atoms. The summed E-state index contributed by atoms with van der Waals surface area (Å²) in [6, 6.07) is 0. The first-order chi connectivity index (χ1) is 7.68. The molecule has 0 aromatic heterocycles. The van der Waals surface area contributed by atoms with Gasteiger partial charge in [0.25, 0.3) is 0 Å². The molecule has 0 heterocycles. The van der Waals surface area contributed by atoms with Gasteiger partial charge in [0.05, 0.1) is 18.3 Å². The molecule has 1 rings (SSSR count). The van der Waals surface area contributed by atoms with E-state index in [0.717, 1.165) is 64.2 Å². The Hall–Kier alpha value is -0.120. The topological polar surface area (TPSA) is 60.7 Å². The van der Waals surface area contributed by atoms with Crippen LogP contribution in [0.4, 0.5) is 0 Å². The Morgan fingerprint density at radius 2 is 0.688 bits per heavy atom. The quantitative estimate of drug-likeness (QED) is 0.596. The van der Waals surface area contributed by atoms with Crippen LogP contribution >= 0.6 is 0 Å². The minimum absolute atomic E-state index is 0.218. The summed E-state index contributed by atoms with van der Waals surface area (Å²) in [5.74, 6) is 0. The summed E-state index contributed by atoms with van der Waals surface area (Å²) in [5, 5.41) is 29.0. The molecule has 0 spiro atoms. The van der Waals surface area contributed by atoms with E-state index in [1.807, 2.05) is 0 Å². The second-order valence-corrected chi connectivity index (χ2v) is 5.11. The summed E-state index contributed by atoms with van der Waals surface area (Å²) in [4.78, 5) is 0. The van der Waals surface area contributed by atoms with Gasteiger partial charge in [-0.1, -0.05) is 12.8 Å². The van der Waals surface area contributed by atoms with Crippen molar-refractivity contribution in [3.63, 3.8) is 0 Å². The second kappa shape index (κ2) is 8.04. The average Bonchev–Trinajstić information content (AvgIpc) is 2.24. The third-order valence-electron chi connectivity index (χ3n) is 3.47. The molecular weight excluding hydrogens is 204 g/mol. The molecule has 1 aliphatic carbocycles. The summed E-state index contributed by atoms with van der Waals surface area (Å²) in [6.07, 6.45) is 7.98. The highest BCUT2D eigenvalue weighted by Crippen LogP contribution is 2.17. The van der Waals surface area contributed by atoms with Gasteiger partial charge in [0.2, 0.25) is 0 Å². The molecule has 0 aliphatic heterocycles. The molecule has 3 atom stereocenters. The largest absolute Gasteiger partial charge is 0.393 e. The van der Waals surface area contributed by atoms with E-state index in [4.69, 9.17) is 0 Å². The smallest absolute Gasteiger partial charge is 0.0540 e. The summed E-state index contributed by atoms with van der Waals surface area (Å²) in [6.45, 7) is 0. The van der Waals surface area contributed by atoms with Crippen LogP contribution in [0.2, 0.25) is 0 Å². The van der Waals surface area contributed by atoms with E-state index in [2.05, 4.69) is 0 Å². The van der Waals surface area contributed by atoms with Gasteiger partial charge in [0, 0.05) is 0 Å². The average molecular weight is 230 g/mol. The Kier molecular flexibility index (Phi) is 7.01. The fourth-order valence-electron chi connectivity index (χ4n) is 2.37. The van der Waals surface area contributed by atoms with E-state index in [0.29, 0.717) is 0 Å². The van der Waals surface area contributed by atoms with Gasteiger partial charge in [-0.2, -0.15) is 0 Å². The molecule has 0 saturated heterocycles. The van der Waals surface area contributed by atoms with E-state index >= 15 is 0 Å². The molecule has 3 heteroatoms. The number of rotatable bonds is 0. The maximum absolute atomic E-state index is 9.67. The van der Waals surface area contributed by atoms with Crippen molar-refractivity contribution >= 4 is 0 Å². The van der Waals surface area contributed by atoms with Crippen LogP contribution < -0.4 is 0 Å². The lowest BCUT2D eigenvalue weighted by molar-refractivity contribution is 0.118. The molecular formula is C13H26O3. The molecule has 1 saturated carbocycles. The Morgan fingerprint density at radius 1 is 0.438 bits per heavy atom. The van der Waals surface area contributed by atoms with Crippen LogP contribution in [-0.2, 0) is 0 Å². The highest BCUT2D eigenvalue weighted by atomic mass is 16.3. The van der Waals surface area contributed by atoms with E-state index in [1.165, 1.54) is 0 Å². The fraction of sp³-hybridized carbons (Fsp3) is 1.00. The van der Waals surface area contributed by atoms with Gasteiger partial charge in [-0.25, -0.2) is 0 Å². The molecule has 3 nitrogen and oxygen atoms in total. The first-order valence-electron chi connectivity index (χ1n) is 6.72. The zero-order valence-corrected chi connectivity index (χ0v) is 10.1. The summed E-state index contributed by atoms with van der Waals surface area (Å²) >= 11 is 0. The van der Waals surface area contributed by atoms with Crippen LogP contribution in [0.1, 0.15) is 64.2 Å². The van der Waals surface area contributed by atoms with Crippen molar-refractivity contribution in [2.45, 2.75) is 82.5 Å². The van der Waals surface area contributed by atoms with Gasteiger partial charge in [0.1, 0.15) is 0 Å². The van der Waals surface area contributed by atoms with E-state index in [-0.39, 0.29) is 18.3 Å². The Balaban J connectivity index is 2.30. The highest BCUT2D eigenvalue weighted by molar-refractivity contribution is 4.65. The van der Waals surface area contributed by atoms with Gasteiger partial charge in [0.15, 0.2) is 0 Å². The lowest BCUT2D eigenvalue weighted by Gasteiger charge is -2.12. The molecule has 0 amide bonds. The zero-order valence-electron chi connectivity index (χ0n) is 10.1. The second-order valence-electron chi connectivity index (χ2n) is 5.11. The van der Waals surface area contributed by atoms with Crippen molar-refractivity contribution in [1.29, 1.82) is 0 Å². The lowest BCUT2D eigenvalue weighted by Crippen LogP contribution is -2.10. The Morgan fingerprint density at radius 3 is 1.00 bits per heavy atom.